The van der Waals surface area contributed by atoms with Crippen LogP contribution in [0, 0.1) is 13.8 Å². The number of aromatic nitrogens is 2. The van der Waals surface area contributed by atoms with E-state index >= 15 is 0 Å². The third kappa shape index (κ3) is 3.66. The Morgan fingerprint density at radius 1 is 1.04 bits per heavy atom. The summed E-state index contributed by atoms with van der Waals surface area (Å²) >= 11 is 0. The van der Waals surface area contributed by atoms with E-state index in [2.05, 4.69) is 10.4 Å². The van der Waals surface area contributed by atoms with Gasteiger partial charge < -0.3 is 5.32 Å². The van der Waals surface area contributed by atoms with Crippen LogP contribution in [0.15, 0.2) is 60.7 Å². The van der Waals surface area contributed by atoms with Crippen LogP contribution in [0.2, 0.25) is 0 Å². The van der Waals surface area contributed by atoms with Gasteiger partial charge in [0.25, 0.3) is 5.91 Å². The molecule has 4 nitrogen and oxygen atoms in total. The monoisotopic (exact) mass is 305 g/mol. The van der Waals surface area contributed by atoms with Crippen molar-refractivity contribution in [1.29, 1.82) is 0 Å². The Balaban J connectivity index is 1.82. The van der Waals surface area contributed by atoms with Gasteiger partial charge in [-0.3, -0.25) is 4.79 Å². The molecule has 116 valence electrons. The minimum atomic E-state index is -0.122. The molecule has 0 unspecified atom stereocenters. The summed E-state index contributed by atoms with van der Waals surface area (Å²) in [6.07, 6.45) is 0. The first-order chi connectivity index (χ1) is 11.1. The number of carbonyl (C=O) groups excluding carboxylic acids is 1. The van der Waals surface area contributed by atoms with Crippen molar-refractivity contribution in [2.24, 2.45) is 0 Å². The SMILES string of the molecule is Cc1cccc(C(=O)Nc2cc(C)nn2Cc2ccccc2)c1. The van der Waals surface area contributed by atoms with Crippen LogP contribution in [-0.4, -0.2) is 15.7 Å². The van der Waals surface area contributed by atoms with Gasteiger partial charge >= 0.3 is 0 Å². The van der Waals surface area contributed by atoms with Crippen LogP contribution < -0.4 is 5.32 Å². The highest BCUT2D eigenvalue weighted by Gasteiger charge is 2.11. The lowest BCUT2D eigenvalue weighted by Gasteiger charge is -2.09. The Bertz CT molecular complexity index is 822. The van der Waals surface area contributed by atoms with Gasteiger partial charge in [0.1, 0.15) is 5.82 Å². The van der Waals surface area contributed by atoms with Gasteiger partial charge in [0.05, 0.1) is 12.2 Å². The average molecular weight is 305 g/mol. The second kappa shape index (κ2) is 6.48. The summed E-state index contributed by atoms with van der Waals surface area (Å²) in [4.78, 5) is 12.4. The molecule has 0 bridgehead atoms. The maximum absolute atomic E-state index is 12.4. The van der Waals surface area contributed by atoms with E-state index in [1.54, 1.807) is 0 Å². The Labute approximate surface area is 135 Å². The van der Waals surface area contributed by atoms with Gasteiger partial charge in [0, 0.05) is 11.6 Å². The first-order valence-corrected chi connectivity index (χ1v) is 7.58. The van der Waals surface area contributed by atoms with Crippen molar-refractivity contribution in [3.63, 3.8) is 0 Å². The van der Waals surface area contributed by atoms with E-state index in [-0.39, 0.29) is 5.91 Å². The molecule has 0 aliphatic heterocycles. The highest BCUT2D eigenvalue weighted by molar-refractivity contribution is 6.03. The predicted molar refractivity (Wildman–Crippen MR) is 91.6 cm³/mol. The molecule has 0 radical (unpaired) electrons. The number of nitrogens with zero attached hydrogens (tertiary/aromatic N) is 2. The molecule has 0 aliphatic rings. The van der Waals surface area contributed by atoms with Gasteiger partial charge in [-0.25, -0.2) is 4.68 Å². The van der Waals surface area contributed by atoms with Crippen molar-refractivity contribution in [3.05, 3.63) is 83.0 Å². The Kier molecular flexibility index (Phi) is 4.24. The number of amides is 1. The molecular formula is C19H19N3O. The summed E-state index contributed by atoms with van der Waals surface area (Å²) in [6, 6.07) is 19.5. The minimum Gasteiger partial charge on any atom is -0.307 e. The molecule has 0 fully saturated rings. The number of carbonyl (C=O) groups is 1. The quantitative estimate of drug-likeness (QED) is 0.797. The van der Waals surface area contributed by atoms with Crippen molar-refractivity contribution >= 4 is 11.7 Å². The summed E-state index contributed by atoms with van der Waals surface area (Å²) in [7, 11) is 0. The zero-order valence-corrected chi connectivity index (χ0v) is 13.3. The molecule has 3 aromatic rings. The first-order valence-electron chi connectivity index (χ1n) is 7.58. The second-order valence-corrected chi connectivity index (χ2v) is 5.64. The molecule has 0 aliphatic carbocycles. The number of benzene rings is 2. The molecule has 1 N–H and O–H groups in total. The van der Waals surface area contributed by atoms with Gasteiger partial charge in [0.2, 0.25) is 0 Å². The van der Waals surface area contributed by atoms with Crippen LogP contribution in [0.3, 0.4) is 0 Å². The standard InChI is InChI=1S/C19H19N3O/c1-14-7-6-10-17(11-14)19(23)20-18-12-15(2)21-22(18)13-16-8-4-3-5-9-16/h3-12H,13H2,1-2H3,(H,20,23). The number of anilines is 1. The zero-order chi connectivity index (χ0) is 16.2. The van der Waals surface area contributed by atoms with Crippen molar-refractivity contribution in [3.8, 4) is 0 Å². The fraction of sp³-hybridized carbons (Fsp3) is 0.158. The lowest BCUT2D eigenvalue weighted by atomic mass is 10.1. The molecule has 23 heavy (non-hydrogen) atoms. The molecule has 3 rings (SSSR count). The van der Waals surface area contributed by atoms with Crippen LogP contribution in [0.25, 0.3) is 0 Å². The summed E-state index contributed by atoms with van der Waals surface area (Å²) in [5.41, 5.74) is 3.73. The highest BCUT2D eigenvalue weighted by atomic mass is 16.1. The number of hydrogen-bond donors (Lipinski definition) is 1. The molecule has 1 amide bonds. The van der Waals surface area contributed by atoms with Gasteiger partial charge in [-0.15, -0.1) is 0 Å². The van der Waals surface area contributed by atoms with E-state index in [1.165, 1.54) is 0 Å². The fourth-order valence-corrected chi connectivity index (χ4v) is 2.50. The van der Waals surface area contributed by atoms with Crippen molar-refractivity contribution in [2.45, 2.75) is 20.4 Å². The van der Waals surface area contributed by atoms with Gasteiger partial charge in [-0.05, 0) is 31.5 Å². The smallest absolute Gasteiger partial charge is 0.256 e. The van der Waals surface area contributed by atoms with Crippen LogP contribution in [0.4, 0.5) is 5.82 Å². The number of aryl methyl sites for hydroxylation is 2. The second-order valence-electron chi connectivity index (χ2n) is 5.64. The molecule has 0 saturated carbocycles. The number of nitrogens with one attached hydrogen (secondary N) is 1. The molecule has 0 atom stereocenters. The van der Waals surface area contributed by atoms with Crippen LogP contribution in [0.1, 0.15) is 27.2 Å². The third-order valence-corrected chi connectivity index (χ3v) is 3.60. The third-order valence-electron chi connectivity index (χ3n) is 3.60. The first kappa shape index (κ1) is 15.0. The van der Waals surface area contributed by atoms with Gasteiger partial charge in [-0.2, -0.15) is 5.10 Å². The van der Waals surface area contributed by atoms with Gasteiger partial charge in [-0.1, -0.05) is 48.0 Å². The van der Waals surface area contributed by atoms with Crippen LogP contribution in [-0.2, 0) is 6.54 Å². The lowest BCUT2D eigenvalue weighted by molar-refractivity contribution is 0.102. The highest BCUT2D eigenvalue weighted by Crippen LogP contribution is 2.15. The fourth-order valence-electron chi connectivity index (χ4n) is 2.50. The van der Waals surface area contributed by atoms with E-state index in [9.17, 15) is 4.79 Å². The van der Waals surface area contributed by atoms with Crippen molar-refractivity contribution < 1.29 is 4.79 Å². The van der Waals surface area contributed by atoms with Crippen LogP contribution >= 0.6 is 0 Å². The maximum atomic E-state index is 12.4. The van der Waals surface area contributed by atoms with E-state index in [0.717, 1.165) is 16.8 Å². The molecular weight excluding hydrogens is 286 g/mol. The normalized spacial score (nSPS) is 10.5. The average Bonchev–Trinajstić information content (AvgIpc) is 2.87. The van der Waals surface area contributed by atoms with E-state index in [4.69, 9.17) is 0 Å². The lowest BCUT2D eigenvalue weighted by Crippen LogP contribution is -2.16. The maximum Gasteiger partial charge on any atom is 0.256 e. The molecule has 0 spiro atoms. The molecule has 2 aromatic carbocycles. The summed E-state index contributed by atoms with van der Waals surface area (Å²) < 4.78 is 1.82. The van der Waals surface area contributed by atoms with E-state index in [0.29, 0.717) is 17.9 Å². The molecule has 4 heteroatoms. The molecule has 1 aromatic heterocycles. The van der Waals surface area contributed by atoms with Crippen molar-refractivity contribution in [1.82, 2.24) is 9.78 Å². The summed E-state index contributed by atoms with van der Waals surface area (Å²) in [5, 5.41) is 7.43. The number of rotatable bonds is 4. The largest absolute Gasteiger partial charge is 0.307 e. The van der Waals surface area contributed by atoms with E-state index in [1.807, 2.05) is 79.2 Å². The van der Waals surface area contributed by atoms with Crippen molar-refractivity contribution in [2.75, 3.05) is 5.32 Å². The molecule has 0 saturated heterocycles. The topological polar surface area (TPSA) is 46.9 Å². The Morgan fingerprint density at radius 2 is 1.83 bits per heavy atom. The van der Waals surface area contributed by atoms with Crippen LogP contribution in [0.5, 0.6) is 0 Å². The predicted octanol–water partition coefficient (Wildman–Crippen LogP) is 3.80. The Hall–Kier alpha value is -2.88. The van der Waals surface area contributed by atoms with E-state index < -0.39 is 0 Å². The Morgan fingerprint density at radius 3 is 2.57 bits per heavy atom. The zero-order valence-electron chi connectivity index (χ0n) is 13.3. The summed E-state index contributed by atoms with van der Waals surface area (Å²) in [5.74, 6) is 0.584. The molecule has 1 heterocycles. The number of hydrogen-bond acceptors (Lipinski definition) is 2. The van der Waals surface area contributed by atoms with Gasteiger partial charge in [0.15, 0.2) is 0 Å². The minimum absolute atomic E-state index is 0.122. The summed E-state index contributed by atoms with van der Waals surface area (Å²) in [6.45, 7) is 4.52.